The third-order valence-electron chi connectivity index (χ3n) is 5.05. The van der Waals surface area contributed by atoms with Gasteiger partial charge in [0.05, 0.1) is 5.69 Å². The van der Waals surface area contributed by atoms with Gasteiger partial charge in [0.15, 0.2) is 11.5 Å². The number of amides is 1. The molecule has 29 heavy (non-hydrogen) atoms. The lowest BCUT2D eigenvalue weighted by Crippen LogP contribution is -2.49. The zero-order chi connectivity index (χ0) is 20.2. The van der Waals surface area contributed by atoms with Crippen molar-refractivity contribution in [1.29, 1.82) is 0 Å². The maximum atomic E-state index is 14.0. The Morgan fingerprint density at radius 1 is 0.931 bits per heavy atom. The molecule has 1 saturated heterocycles. The number of piperazine rings is 1. The van der Waals surface area contributed by atoms with Crippen molar-refractivity contribution in [3.63, 3.8) is 0 Å². The smallest absolute Gasteiger partial charge is 0.274 e. The lowest BCUT2D eigenvalue weighted by Gasteiger charge is -2.36. The van der Waals surface area contributed by atoms with Crippen molar-refractivity contribution in [3.05, 3.63) is 77.7 Å². The minimum atomic E-state index is -0.241. The van der Waals surface area contributed by atoms with Crippen LogP contribution in [0.3, 0.4) is 0 Å². The highest BCUT2D eigenvalue weighted by Gasteiger charge is 2.24. The van der Waals surface area contributed by atoms with Crippen molar-refractivity contribution in [2.24, 2.45) is 0 Å². The van der Waals surface area contributed by atoms with Gasteiger partial charge in [-0.2, -0.15) is 0 Å². The number of hydrogen-bond acceptors (Lipinski definition) is 5. The second kappa shape index (κ2) is 8.26. The van der Waals surface area contributed by atoms with Gasteiger partial charge in [-0.15, -0.1) is 10.2 Å². The van der Waals surface area contributed by atoms with Gasteiger partial charge >= 0.3 is 0 Å². The minimum Gasteiger partial charge on any atom is -0.366 e. The van der Waals surface area contributed by atoms with E-state index in [1.807, 2.05) is 42.2 Å². The summed E-state index contributed by atoms with van der Waals surface area (Å²) in [7, 11) is 0. The van der Waals surface area contributed by atoms with Gasteiger partial charge in [0.2, 0.25) is 0 Å². The van der Waals surface area contributed by atoms with E-state index in [9.17, 15) is 9.18 Å². The average Bonchev–Trinajstić information content (AvgIpc) is 2.76. The van der Waals surface area contributed by atoms with Gasteiger partial charge in [-0.1, -0.05) is 30.3 Å². The number of halogens is 1. The van der Waals surface area contributed by atoms with Gasteiger partial charge in [-0.3, -0.25) is 4.79 Å². The second-order valence-electron chi connectivity index (χ2n) is 6.97. The molecule has 0 spiro atoms. The number of carbonyl (C=O) groups excluding carboxylic acids is 1. The summed E-state index contributed by atoms with van der Waals surface area (Å²) in [5, 5.41) is 11.4. The summed E-state index contributed by atoms with van der Waals surface area (Å²) in [6.07, 6.45) is 0. The van der Waals surface area contributed by atoms with Crippen molar-refractivity contribution < 1.29 is 9.18 Å². The van der Waals surface area contributed by atoms with E-state index in [0.717, 1.165) is 11.3 Å². The van der Waals surface area contributed by atoms with E-state index in [4.69, 9.17) is 0 Å². The Kier molecular flexibility index (Phi) is 5.37. The highest BCUT2D eigenvalue weighted by atomic mass is 19.1. The molecule has 0 aliphatic carbocycles. The Bertz CT molecular complexity index is 1000. The third-order valence-corrected chi connectivity index (χ3v) is 5.05. The van der Waals surface area contributed by atoms with Gasteiger partial charge in [0, 0.05) is 31.9 Å². The van der Waals surface area contributed by atoms with E-state index in [2.05, 4.69) is 15.5 Å². The molecule has 0 unspecified atom stereocenters. The molecule has 0 atom stereocenters. The molecule has 0 bridgehead atoms. The minimum absolute atomic E-state index is 0.159. The number of aryl methyl sites for hydroxylation is 1. The highest BCUT2D eigenvalue weighted by Crippen LogP contribution is 2.21. The van der Waals surface area contributed by atoms with E-state index < -0.39 is 0 Å². The van der Waals surface area contributed by atoms with E-state index >= 15 is 0 Å². The number of aromatic nitrogens is 2. The average molecular weight is 391 g/mol. The van der Waals surface area contributed by atoms with Crippen LogP contribution in [0.15, 0.2) is 60.7 Å². The van der Waals surface area contributed by atoms with Gasteiger partial charge < -0.3 is 15.1 Å². The van der Waals surface area contributed by atoms with Crippen LogP contribution in [0.5, 0.6) is 0 Å². The topological polar surface area (TPSA) is 61.4 Å². The molecule has 2 heterocycles. The molecule has 1 amide bonds. The first kappa shape index (κ1) is 18.9. The van der Waals surface area contributed by atoms with Crippen molar-refractivity contribution in [2.45, 2.75) is 6.92 Å². The summed E-state index contributed by atoms with van der Waals surface area (Å²) in [5.41, 5.74) is 2.93. The van der Waals surface area contributed by atoms with Crippen molar-refractivity contribution in [3.8, 4) is 0 Å². The fourth-order valence-corrected chi connectivity index (χ4v) is 3.38. The first-order valence-electron chi connectivity index (χ1n) is 9.57. The van der Waals surface area contributed by atoms with Crippen LogP contribution in [-0.4, -0.2) is 47.2 Å². The molecular formula is C22H22FN5O. The van der Waals surface area contributed by atoms with E-state index in [0.29, 0.717) is 43.4 Å². The number of para-hydroxylation sites is 2. The molecule has 1 aliphatic rings. The first-order valence-corrected chi connectivity index (χ1v) is 9.57. The maximum Gasteiger partial charge on any atom is 0.274 e. The van der Waals surface area contributed by atoms with Gasteiger partial charge in [-0.25, -0.2) is 4.39 Å². The van der Waals surface area contributed by atoms with E-state index in [1.165, 1.54) is 6.07 Å². The summed E-state index contributed by atoms with van der Waals surface area (Å²) in [5.74, 6) is 0.184. The van der Waals surface area contributed by atoms with Crippen LogP contribution >= 0.6 is 0 Å². The van der Waals surface area contributed by atoms with Crippen LogP contribution in [0, 0.1) is 12.7 Å². The number of hydrogen-bond donors (Lipinski definition) is 1. The predicted octanol–water partition coefficient (Wildman–Crippen LogP) is 3.63. The van der Waals surface area contributed by atoms with Crippen LogP contribution < -0.4 is 10.2 Å². The first-order chi connectivity index (χ1) is 14.1. The fraction of sp³-hybridized carbons (Fsp3) is 0.227. The number of benzene rings is 2. The Labute approximate surface area is 169 Å². The molecule has 1 fully saturated rings. The highest BCUT2D eigenvalue weighted by molar-refractivity contribution is 5.92. The normalized spacial score (nSPS) is 14.0. The van der Waals surface area contributed by atoms with Crippen LogP contribution in [0.4, 0.5) is 21.6 Å². The molecule has 4 rings (SSSR count). The number of carbonyl (C=O) groups is 1. The molecule has 1 aliphatic heterocycles. The standard InChI is InChI=1S/C22H22FN5O/c1-16-6-2-4-8-18(16)24-21-11-10-19(25-26-21)22(29)28-14-12-27(13-15-28)20-9-5-3-7-17(20)23/h2-11H,12-15H2,1H3,(H,24,26). The van der Waals surface area contributed by atoms with E-state index in [-0.39, 0.29) is 11.7 Å². The maximum absolute atomic E-state index is 14.0. The van der Waals surface area contributed by atoms with Crippen molar-refractivity contribution in [1.82, 2.24) is 15.1 Å². The quantitative estimate of drug-likeness (QED) is 0.736. The second-order valence-corrected chi connectivity index (χ2v) is 6.97. The largest absolute Gasteiger partial charge is 0.366 e. The van der Waals surface area contributed by atoms with E-state index in [1.54, 1.807) is 29.2 Å². The van der Waals surface area contributed by atoms with Gasteiger partial charge in [0.25, 0.3) is 5.91 Å². The summed E-state index contributed by atoms with van der Waals surface area (Å²) in [6.45, 7) is 4.19. The zero-order valence-corrected chi connectivity index (χ0v) is 16.2. The number of rotatable bonds is 4. The molecule has 1 aromatic heterocycles. The number of anilines is 3. The monoisotopic (exact) mass is 391 g/mol. The molecular weight excluding hydrogens is 369 g/mol. The lowest BCUT2D eigenvalue weighted by molar-refractivity contribution is 0.0739. The Hall–Kier alpha value is -3.48. The zero-order valence-electron chi connectivity index (χ0n) is 16.2. The van der Waals surface area contributed by atoms with Crippen molar-refractivity contribution in [2.75, 3.05) is 36.4 Å². The molecule has 0 radical (unpaired) electrons. The van der Waals surface area contributed by atoms with Crippen molar-refractivity contribution >= 4 is 23.1 Å². The number of nitrogens with zero attached hydrogens (tertiary/aromatic N) is 4. The molecule has 0 saturated carbocycles. The summed E-state index contributed by atoms with van der Waals surface area (Å²) in [4.78, 5) is 16.4. The summed E-state index contributed by atoms with van der Waals surface area (Å²) < 4.78 is 14.0. The molecule has 148 valence electrons. The van der Waals surface area contributed by atoms with Crippen LogP contribution in [0.25, 0.3) is 0 Å². The molecule has 3 aromatic rings. The molecule has 1 N–H and O–H groups in total. The van der Waals surface area contributed by atoms with Crippen LogP contribution in [-0.2, 0) is 0 Å². The van der Waals surface area contributed by atoms with Crippen LogP contribution in [0.1, 0.15) is 16.1 Å². The predicted molar refractivity (Wildman–Crippen MR) is 111 cm³/mol. The van der Waals surface area contributed by atoms with Gasteiger partial charge in [-0.05, 0) is 42.8 Å². The lowest BCUT2D eigenvalue weighted by atomic mass is 10.2. The Morgan fingerprint density at radius 2 is 1.66 bits per heavy atom. The Morgan fingerprint density at radius 3 is 2.34 bits per heavy atom. The van der Waals surface area contributed by atoms with Gasteiger partial charge in [0.1, 0.15) is 5.82 Å². The Balaban J connectivity index is 1.38. The number of nitrogens with one attached hydrogen (secondary N) is 1. The molecule has 6 nitrogen and oxygen atoms in total. The molecule has 2 aromatic carbocycles. The third kappa shape index (κ3) is 4.18. The SMILES string of the molecule is Cc1ccccc1Nc1ccc(C(=O)N2CCN(c3ccccc3F)CC2)nn1. The summed E-state index contributed by atoms with van der Waals surface area (Å²) >= 11 is 0. The summed E-state index contributed by atoms with van der Waals surface area (Å²) in [6, 6.07) is 18.0. The van der Waals surface area contributed by atoms with Crippen LogP contribution in [0.2, 0.25) is 0 Å². The molecule has 7 heteroatoms. The fourth-order valence-electron chi connectivity index (χ4n) is 3.38.